The Kier molecular flexibility index (Phi) is 12.2. The van der Waals surface area contributed by atoms with Gasteiger partial charge in [-0.25, -0.2) is 0 Å². The SMILES string of the molecule is CCC(OCc1ccccc1)C(OCc1ccccc1)C(CO[C@@H]1O[C@H](CC)[C@H](O)C1C)OCc1ccccc1. The Balaban J connectivity index is 1.54. The molecule has 4 rings (SSSR count). The number of ether oxygens (including phenoxy) is 5. The molecule has 0 aliphatic carbocycles. The maximum atomic E-state index is 10.6. The molecule has 0 spiro atoms. The van der Waals surface area contributed by atoms with E-state index in [2.05, 4.69) is 31.2 Å². The molecule has 6 heteroatoms. The van der Waals surface area contributed by atoms with Gasteiger partial charge in [0.2, 0.25) is 0 Å². The van der Waals surface area contributed by atoms with Crippen molar-refractivity contribution in [3.63, 3.8) is 0 Å². The third-order valence-corrected chi connectivity index (χ3v) is 7.52. The highest BCUT2D eigenvalue weighted by Gasteiger charge is 2.41. The minimum Gasteiger partial charge on any atom is -0.390 e. The first-order chi connectivity index (χ1) is 19.6. The van der Waals surface area contributed by atoms with Crippen molar-refractivity contribution < 1.29 is 28.8 Å². The third-order valence-electron chi connectivity index (χ3n) is 7.52. The molecule has 0 bridgehead atoms. The van der Waals surface area contributed by atoms with Gasteiger partial charge in [0.25, 0.3) is 0 Å². The van der Waals surface area contributed by atoms with E-state index in [4.69, 9.17) is 23.7 Å². The average molecular weight is 549 g/mol. The van der Waals surface area contributed by atoms with Gasteiger partial charge in [-0.2, -0.15) is 0 Å². The standard InChI is InChI=1S/C34H44O6/c1-4-29-32(35)25(3)34(40-29)39-24-31(37-22-27-17-11-7-12-18-27)33(38-23-28-19-13-8-14-20-28)30(5-2)36-21-26-15-9-6-10-16-26/h6-20,25,29-35H,4-5,21-24H2,1-3H3/t25?,29-,30?,31?,32-,33?,34-/m1/s1. The second kappa shape index (κ2) is 16.0. The van der Waals surface area contributed by atoms with E-state index in [0.717, 1.165) is 29.5 Å². The summed E-state index contributed by atoms with van der Waals surface area (Å²) in [6.45, 7) is 7.64. The Bertz CT molecular complexity index is 1080. The highest BCUT2D eigenvalue weighted by molar-refractivity contribution is 5.15. The number of benzene rings is 3. The van der Waals surface area contributed by atoms with Crippen LogP contribution in [0.1, 0.15) is 50.3 Å². The molecule has 1 fully saturated rings. The van der Waals surface area contributed by atoms with Crippen LogP contribution in [0.2, 0.25) is 0 Å². The van der Waals surface area contributed by atoms with Crippen LogP contribution in [0.3, 0.4) is 0 Å². The van der Waals surface area contributed by atoms with Gasteiger partial charge in [-0.1, -0.05) is 112 Å². The van der Waals surface area contributed by atoms with Gasteiger partial charge in [-0.3, -0.25) is 0 Å². The smallest absolute Gasteiger partial charge is 0.163 e. The largest absolute Gasteiger partial charge is 0.390 e. The normalized spacial score (nSPS) is 23.1. The number of hydrogen-bond donors (Lipinski definition) is 1. The number of rotatable bonds is 16. The fourth-order valence-electron chi connectivity index (χ4n) is 5.05. The predicted octanol–water partition coefficient (Wildman–Crippen LogP) is 6.30. The molecule has 0 aromatic heterocycles. The summed E-state index contributed by atoms with van der Waals surface area (Å²) < 4.78 is 32.0. The molecule has 1 aliphatic heterocycles. The van der Waals surface area contributed by atoms with E-state index < -0.39 is 24.6 Å². The van der Waals surface area contributed by atoms with E-state index in [9.17, 15) is 5.11 Å². The molecule has 0 radical (unpaired) electrons. The summed E-state index contributed by atoms with van der Waals surface area (Å²) >= 11 is 0. The molecule has 1 saturated heterocycles. The summed E-state index contributed by atoms with van der Waals surface area (Å²) in [5, 5.41) is 10.6. The zero-order valence-corrected chi connectivity index (χ0v) is 23.9. The molecule has 0 saturated carbocycles. The van der Waals surface area contributed by atoms with Crippen molar-refractivity contribution in [3.8, 4) is 0 Å². The molecule has 3 aromatic rings. The van der Waals surface area contributed by atoms with Gasteiger partial charge in [-0.05, 0) is 29.5 Å². The van der Waals surface area contributed by atoms with E-state index in [1.807, 2.05) is 80.6 Å². The van der Waals surface area contributed by atoms with E-state index in [0.29, 0.717) is 19.8 Å². The van der Waals surface area contributed by atoms with Gasteiger partial charge >= 0.3 is 0 Å². The Hall–Kier alpha value is -2.58. The third kappa shape index (κ3) is 8.71. The Morgan fingerprint density at radius 3 is 1.62 bits per heavy atom. The van der Waals surface area contributed by atoms with Gasteiger partial charge in [0.05, 0.1) is 44.7 Å². The zero-order valence-electron chi connectivity index (χ0n) is 23.9. The maximum Gasteiger partial charge on any atom is 0.163 e. The topological polar surface area (TPSA) is 66.4 Å². The molecule has 1 heterocycles. The van der Waals surface area contributed by atoms with E-state index in [1.165, 1.54) is 0 Å². The Morgan fingerprint density at radius 2 is 1.18 bits per heavy atom. The van der Waals surface area contributed by atoms with Crippen LogP contribution in [0.25, 0.3) is 0 Å². The number of aliphatic hydroxyl groups excluding tert-OH is 1. The van der Waals surface area contributed by atoms with Crippen molar-refractivity contribution in [2.24, 2.45) is 5.92 Å². The van der Waals surface area contributed by atoms with E-state index in [1.54, 1.807) is 0 Å². The monoisotopic (exact) mass is 548 g/mol. The van der Waals surface area contributed by atoms with Gasteiger partial charge in [0.1, 0.15) is 12.2 Å². The summed E-state index contributed by atoms with van der Waals surface area (Å²) in [5.74, 6) is -0.139. The first-order valence-electron chi connectivity index (χ1n) is 14.5. The summed E-state index contributed by atoms with van der Waals surface area (Å²) in [6, 6.07) is 30.4. The molecule has 40 heavy (non-hydrogen) atoms. The molecule has 6 nitrogen and oxygen atoms in total. The summed E-state index contributed by atoms with van der Waals surface area (Å²) in [6.07, 6.45) is -0.892. The van der Waals surface area contributed by atoms with Crippen LogP contribution in [-0.4, -0.2) is 48.5 Å². The lowest BCUT2D eigenvalue weighted by Gasteiger charge is -2.34. The first-order valence-corrected chi connectivity index (χ1v) is 14.5. The van der Waals surface area contributed by atoms with Crippen molar-refractivity contribution in [1.82, 2.24) is 0 Å². The second-order valence-corrected chi connectivity index (χ2v) is 10.5. The molecule has 0 amide bonds. The Morgan fingerprint density at radius 1 is 0.700 bits per heavy atom. The van der Waals surface area contributed by atoms with Crippen molar-refractivity contribution in [2.75, 3.05) is 6.61 Å². The fourth-order valence-corrected chi connectivity index (χ4v) is 5.05. The number of aliphatic hydroxyl groups is 1. The highest BCUT2D eigenvalue weighted by Crippen LogP contribution is 2.30. The van der Waals surface area contributed by atoms with Crippen LogP contribution in [-0.2, 0) is 43.5 Å². The molecule has 1 N–H and O–H groups in total. The lowest BCUT2D eigenvalue weighted by molar-refractivity contribution is -0.205. The van der Waals surface area contributed by atoms with Gasteiger partial charge in [-0.15, -0.1) is 0 Å². The van der Waals surface area contributed by atoms with E-state index in [-0.39, 0.29) is 24.7 Å². The quantitative estimate of drug-likeness (QED) is 0.227. The van der Waals surface area contributed by atoms with Crippen LogP contribution in [0.15, 0.2) is 91.0 Å². The fraction of sp³-hybridized carbons (Fsp3) is 0.471. The molecule has 7 atom stereocenters. The lowest BCUT2D eigenvalue weighted by atomic mass is 10.0. The van der Waals surface area contributed by atoms with Crippen LogP contribution >= 0.6 is 0 Å². The van der Waals surface area contributed by atoms with Crippen molar-refractivity contribution in [1.29, 1.82) is 0 Å². The van der Waals surface area contributed by atoms with Crippen LogP contribution < -0.4 is 0 Å². The second-order valence-electron chi connectivity index (χ2n) is 10.5. The van der Waals surface area contributed by atoms with Crippen molar-refractivity contribution >= 4 is 0 Å². The molecule has 4 unspecified atom stereocenters. The van der Waals surface area contributed by atoms with Crippen LogP contribution in [0.5, 0.6) is 0 Å². The highest BCUT2D eigenvalue weighted by atomic mass is 16.7. The van der Waals surface area contributed by atoms with Gasteiger partial charge < -0.3 is 28.8 Å². The van der Waals surface area contributed by atoms with Crippen LogP contribution in [0, 0.1) is 5.92 Å². The lowest BCUT2D eigenvalue weighted by Crippen LogP contribution is -2.45. The van der Waals surface area contributed by atoms with Gasteiger partial charge in [0, 0.05) is 5.92 Å². The zero-order chi connectivity index (χ0) is 28.2. The molecular weight excluding hydrogens is 504 g/mol. The van der Waals surface area contributed by atoms with Gasteiger partial charge in [0.15, 0.2) is 6.29 Å². The minimum absolute atomic E-state index is 0.139. The first kappa shape index (κ1) is 30.4. The Labute approximate surface area is 239 Å². The maximum absolute atomic E-state index is 10.6. The average Bonchev–Trinajstić information content (AvgIpc) is 3.28. The van der Waals surface area contributed by atoms with E-state index >= 15 is 0 Å². The van der Waals surface area contributed by atoms with Crippen molar-refractivity contribution in [2.45, 2.75) is 90.2 Å². The molecule has 3 aromatic carbocycles. The summed E-state index contributed by atoms with van der Waals surface area (Å²) in [4.78, 5) is 0. The molecule has 216 valence electrons. The summed E-state index contributed by atoms with van der Waals surface area (Å²) in [5.41, 5.74) is 3.25. The minimum atomic E-state index is -0.554. The predicted molar refractivity (Wildman–Crippen MR) is 155 cm³/mol. The summed E-state index contributed by atoms with van der Waals surface area (Å²) in [7, 11) is 0. The van der Waals surface area contributed by atoms with Crippen LogP contribution in [0.4, 0.5) is 0 Å². The van der Waals surface area contributed by atoms with Crippen molar-refractivity contribution in [3.05, 3.63) is 108 Å². The molecule has 1 aliphatic rings. The number of hydrogen-bond acceptors (Lipinski definition) is 6. The molecular formula is C34H44O6.